The Morgan fingerprint density at radius 1 is 1.27 bits per heavy atom. The number of carbonyl (C=O) groups excluding carboxylic acids is 1. The molecule has 2 N–H and O–H groups in total. The smallest absolute Gasteiger partial charge is 0.366 e. The molecule has 0 fully saturated rings. The van der Waals surface area contributed by atoms with Gasteiger partial charge in [-0.3, -0.25) is 4.79 Å². The second-order valence-corrected chi connectivity index (χ2v) is 2.72. The van der Waals surface area contributed by atoms with Crippen molar-refractivity contribution in [3.63, 3.8) is 0 Å². The molecule has 1 aromatic rings. The minimum Gasteiger partial charge on any atom is -0.366 e. The molecule has 80 valence electrons. The van der Waals surface area contributed by atoms with E-state index < -0.39 is 28.9 Å². The third-order valence-electron chi connectivity index (χ3n) is 1.64. The number of nitroso groups, excluding NO2 is 1. The Morgan fingerprint density at radius 2 is 1.87 bits per heavy atom. The number of alkyl halides is 3. The van der Waals surface area contributed by atoms with Gasteiger partial charge in [0.05, 0.1) is 5.56 Å². The molecule has 0 unspecified atom stereocenters. The van der Waals surface area contributed by atoms with E-state index in [1.165, 1.54) is 0 Å². The molecular weight excluding hydrogens is 213 g/mol. The number of hydrogen-bond donors (Lipinski definition) is 1. The van der Waals surface area contributed by atoms with Gasteiger partial charge in [-0.15, -0.1) is 4.91 Å². The van der Waals surface area contributed by atoms with E-state index in [2.05, 4.69) is 5.18 Å². The summed E-state index contributed by atoms with van der Waals surface area (Å²) in [7, 11) is 0. The van der Waals surface area contributed by atoms with E-state index in [1.54, 1.807) is 0 Å². The van der Waals surface area contributed by atoms with Crippen LogP contribution < -0.4 is 5.73 Å². The number of nitrogens with two attached hydrogens (primary N) is 1. The highest BCUT2D eigenvalue weighted by molar-refractivity contribution is 5.93. The molecule has 1 aromatic carbocycles. The minimum atomic E-state index is -4.65. The highest BCUT2D eigenvalue weighted by Crippen LogP contribution is 2.32. The van der Waals surface area contributed by atoms with Gasteiger partial charge in [0.1, 0.15) is 5.69 Å². The van der Waals surface area contributed by atoms with Gasteiger partial charge in [-0.25, -0.2) is 0 Å². The van der Waals surface area contributed by atoms with E-state index in [4.69, 9.17) is 5.73 Å². The fraction of sp³-hybridized carbons (Fsp3) is 0.125. The van der Waals surface area contributed by atoms with Crippen LogP contribution >= 0.6 is 0 Å². The molecule has 0 atom stereocenters. The van der Waals surface area contributed by atoms with Gasteiger partial charge in [0.25, 0.3) is 0 Å². The molecule has 0 saturated carbocycles. The second kappa shape index (κ2) is 3.68. The zero-order valence-electron chi connectivity index (χ0n) is 7.21. The molecular formula is C8H5F3N2O2. The molecule has 0 spiro atoms. The first-order valence-electron chi connectivity index (χ1n) is 3.70. The van der Waals surface area contributed by atoms with Crippen LogP contribution in [0.25, 0.3) is 0 Å². The van der Waals surface area contributed by atoms with Crippen molar-refractivity contribution in [1.82, 2.24) is 0 Å². The van der Waals surface area contributed by atoms with Crippen LogP contribution in [0.1, 0.15) is 15.9 Å². The summed E-state index contributed by atoms with van der Waals surface area (Å²) in [6.07, 6.45) is -4.65. The van der Waals surface area contributed by atoms with Crippen molar-refractivity contribution in [3.8, 4) is 0 Å². The van der Waals surface area contributed by atoms with Gasteiger partial charge in [-0.2, -0.15) is 13.2 Å². The van der Waals surface area contributed by atoms with Crippen LogP contribution in [0, 0.1) is 4.91 Å². The molecule has 0 saturated heterocycles. The number of halogens is 3. The Hall–Kier alpha value is -1.92. The summed E-state index contributed by atoms with van der Waals surface area (Å²) in [5.74, 6) is -1.05. The van der Waals surface area contributed by atoms with Crippen molar-refractivity contribution in [1.29, 1.82) is 0 Å². The van der Waals surface area contributed by atoms with Gasteiger partial charge >= 0.3 is 6.18 Å². The van der Waals surface area contributed by atoms with Crippen molar-refractivity contribution >= 4 is 11.6 Å². The molecule has 0 aliphatic carbocycles. The molecule has 0 aliphatic heterocycles. The Labute approximate surface area is 81.9 Å². The van der Waals surface area contributed by atoms with Gasteiger partial charge in [0, 0.05) is 5.56 Å². The first-order chi connectivity index (χ1) is 6.84. The first kappa shape index (κ1) is 11.2. The lowest BCUT2D eigenvalue weighted by Gasteiger charge is -2.07. The molecule has 4 nitrogen and oxygen atoms in total. The SMILES string of the molecule is NC(=O)c1cc(N=O)cc(C(F)(F)F)c1. The number of benzene rings is 1. The van der Waals surface area contributed by atoms with Gasteiger partial charge < -0.3 is 5.73 Å². The average molecular weight is 218 g/mol. The predicted octanol–water partition coefficient (Wildman–Crippen LogP) is 2.20. The largest absolute Gasteiger partial charge is 0.416 e. The topological polar surface area (TPSA) is 72.5 Å². The van der Waals surface area contributed by atoms with Crippen LogP contribution in [0.4, 0.5) is 18.9 Å². The minimum absolute atomic E-state index is 0.403. The average Bonchev–Trinajstić information content (AvgIpc) is 2.15. The lowest BCUT2D eigenvalue weighted by molar-refractivity contribution is -0.137. The lowest BCUT2D eigenvalue weighted by Crippen LogP contribution is -2.13. The van der Waals surface area contributed by atoms with Crippen LogP contribution in [-0.2, 0) is 6.18 Å². The summed E-state index contributed by atoms with van der Waals surface area (Å²) in [4.78, 5) is 20.8. The van der Waals surface area contributed by atoms with Crippen molar-refractivity contribution in [3.05, 3.63) is 34.2 Å². The molecule has 1 amide bonds. The Balaban J connectivity index is 3.36. The third-order valence-corrected chi connectivity index (χ3v) is 1.64. The van der Waals surface area contributed by atoms with Crippen LogP contribution in [0.2, 0.25) is 0 Å². The maximum Gasteiger partial charge on any atom is 0.416 e. The zero-order valence-corrected chi connectivity index (χ0v) is 7.21. The Morgan fingerprint density at radius 3 is 2.27 bits per heavy atom. The highest BCUT2D eigenvalue weighted by atomic mass is 19.4. The third kappa shape index (κ3) is 2.52. The predicted molar refractivity (Wildman–Crippen MR) is 45.4 cm³/mol. The summed E-state index contributed by atoms with van der Waals surface area (Å²) in [5, 5.41) is 2.33. The van der Waals surface area contributed by atoms with Gasteiger partial charge in [0.15, 0.2) is 0 Å². The quantitative estimate of drug-likeness (QED) is 0.772. The fourth-order valence-electron chi connectivity index (χ4n) is 0.970. The molecule has 15 heavy (non-hydrogen) atoms. The van der Waals surface area contributed by atoms with Crippen molar-refractivity contribution in [2.45, 2.75) is 6.18 Å². The van der Waals surface area contributed by atoms with Crippen molar-refractivity contribution in [2.75, 3.05) is 0 Å². The summed E-state index contributed by atoms with van der Waals surface area (Å²) >= 11 is 0. The summed E-state index contributed by atoms with van der Waals surface area (Å²) in [6.45, 7) is 0. The molecule has 7 heteroatoms. The maximum atomic E-state index is 12.3. The van der Waals surface area contributed by atoms with Gasteiger partial charge in [-0.1, -0.05) is 0 Å². The summed E-state index contributed by atoms with van der Waals surface area (Å²) in [5.41, 5.74) is 2.78. The zero-order chi connectivity index (χ0) is 11.6. The molecule has 1 rings (SSSR count). The van der Waals surface area contributed by atoms with E-state index in [0.717, 1.165) is 6.07 Å². The molecule has 0 heterocycles. The number of primary amides is 1. The van der Waals surface area contributed by atoms with Crippen LogP contribution in [0.5, 0.6) is 0 Å². The summed E-state index contributed by atoms with van der Waals surface area (Å²) in [6, 6.07) is 2.00. The summed E-state index contributed by atoms with van der Waals surface area (Å²) < 4.78 is 36.8. The standard InChI is InChI=1S/C8H5F3N2O2/c9-8(10,11)5-1-4(7(12)14)2-6(3-5)13-15/h1-3H,(H2,12,14). The van der Waals surface area contributed by atoms with Crippen molar-refractivity contribution in [2.24, 2.45) is 10.9 Å². The van der Waals surface area contributed by atoms with Gasteiger partial charge in [-0.05, 0) is 23.4 Å². The lowest BCUT2D eigenvalue weighted by atomic mass is 10.1. The normalized spacial score (nSPS) is 11.1. The molecule has 0 radical (unpaired) electrons. The van der Waals surface area contributed by atoms with E-state index in [1.807, 2.05) is 0 Å². The van der Waals surface area contributed by atoms with Crippen LogP contribution in [0.3, 0.4) is 0 Å². The Kier molecular flexibility index (Phi) is 2.74. The second-order valence-electron chi connectivity index (χ2n) is 2.72. The van der Waals surface area contributed by atoms with E-state index >= 15 is 0 Å². The highest BCUT2D eigenvalue weighted by Gasteiger charge is 2.31. The monoisotopic (exact) mass is 218 g/mol. The maximum absolute atomic E-state index is 12.3. The number of amides is 1. The number of nitrogens with zero attached hydrogens (tertiary/aromatic N) is 1. The van der Waals surface area contributed by atoms with Crippen LogP contribution in [-0.4, -0.2) is 5.91 Å². The van der Waals surface area contributed by atoms with E-state index in [0.29, 0.717) is 12.1 Å². The van der Waals surface area contributed by atoms with Gasteiger partial charge in [0.2, 0.25) is 5.91 Å². The van der Waals surface area contributed by atoms with Crippen LogP contribution in [0.15, 0.2) is 23.4 Å². The number of rotatable bonds is 2. The number of carbonyl (C=O) groups is 1. The Bertz CT molecular complexity index is 415. The fourth-order valence-corrected chi connectivity index (χ4v) is 0.970. The molecule has 0 aliphatic rings. The first-order valence-corrected chi connectivity index (χ1v) is 3.70. The molecule has 0 bridgehead atoms. The van der Waals surface area contributed by atoms with E-state index in [-0.39, 0.29) is 0 Å². The number of hydrogen-bond acceptors (Lipinski definition) is 3. The van der Waals surface area contributed by atoms with Crippen molar-refractivity contribution < 1.29 is 18.0 Å². The molecule has 0 aromatic heterocycles. The van der Waals surface area contributed by atoms with E-state index in [9.17, 15) is 22.9 Å².